The van der Waals surface area contributed by atoms with Gasteiger partial charge in [-0.15, -0.1) is 0 Å². The zero-order valence-corrected chi connectivity index (χ0v) is 22.0. The fourth-order valence-corrected chi connectivity index (χ4v) is 11.2. The molecular weight excluding hydrogens is 443 g/mol. The summed E-state index contributed by atoms with van der Waals surface area (Å²) in [6, 6.07) is 14.5. The Bertz CT molecular complexity index is 961. The third-order valence-electron chi connectivity index (χ3n) is 6.62. The smallest absolute Gasteiger partial charge is 1.00 e. The molecule has 0 N–H and O–H groups in total. The van der Waals surface area contributed by atoms with Crippen LogP contribution in [0.4, 0.5) is 0 Å². The van der Waals surface area contributed by atoms with Crippen LogP contribution in [-0.2, 0) is 30.2 Å². The van der Waals surface area contributed by atoms with Gasteiger partial charge in [-0.1, -0.05) is 0 Å². The molecule has 0 amide bonds. The fraction of sp³-hybridized carbons (Fsp3) is 0.370. The zero-order chi connectivity index (χ0) is 20.0. The summed E-state index contributed by atoms with van der Waals surface area (Å²) in [6.07, 6.45) is 7.18. The molecule has 4 rings (SSSR count). The maximum Gasteiger partial charge on any atom is -1.00 e. The molecule has 30 heavy (non-hydrogen) atoms. The summed E-state index contributed by atoms with van der Waals surface area (Å²) in [6.45, 7) is 14.1. The van der Waals surface area contributed by atoms with Crippen LogP contribution < -0.4 is 24.8 Å². The van der Waals surface area contributed by atoms with E-state index in [-0.39, 0.29) is 24.8 Å². The fourth-order valence-electron chi connectivity index (χ4n) is 5.18. The van der Waals surface area contributed by atoms with E-state index in [2.05, 4.69) is 90.1 Å². The quantitative estimate of drug-likeness (QED) is 0.585. The Balaban J connectivity index is 0.00000160. The van der Waals surface area contributed by atoms with E-state index in [9.17, 15) is 0 Å². The second kappa shape index (κ2) is 10.1. The largest absolute Gasteiger partial charge is 1.00 e. The average Bonchev–Trinajstić information content (AvgIpc) is 3.17. The van der Waals surface area contributed by atoms with Crippen LogP contribution >= 0.6 is 0 Å². The Morgan fingerprint density at radius 1 is 0.733 bits per heavy atom. The first kappa shape index (κ1) is 25.3. The van der Waals surface area contributed by atoms with Gasteiger partial charge >= 0.3 is 177 Å². The van der Waals surface area contributed by atoms with Gasteiger partial charge in [-0.25, -0.2) is 0 Å². The van der Waals surface area contributed by atoms with Crippen molar-refractivity contribution >= 4 is 16.0 Å². The first-order valence-electron chi connectivity index (χ1n) is 10.7. The van der Waals surface area contributed by atoms with Crippen LogP contribution in [0.5, 0.6) is 0 Å². The summed E-state index contributed by atoms with van der Waals surface area (Å²) in [7, 11) is 0. The molecule has 0 nitrogen and oxygen atoms in total. The van der Waals surface area contributed by atoms with Crippen LogP contribution in [0.3, 0.4) is 0 Å². The summed E-state index contributed by atoms with van der Waals surface area (Å²) in [5.41, 5.74) is 12.2. The molecule has 2 unspecified atom stereocenters. The van der Waals surface area contributed by atoms with Gasteiger partial charge in [-0.2, -0.15) is 0 Å². The topological polar surface area (TPSA) is 0 Å². The Labute approximate surface area is 201 Å². The number of hydrogen-bond acceptors (Lipinski definition) is 0. The monoisotopic (exact) mass is 474 g/mol. The molecule has 2 aliphatic rings. The molecule has 0 spiro atoms. The van der Waals surface area contributed by atoms with Crippen molar-refractivity contribution in [1.82, 2.24) is 0 Å². The van der Waals surface area contributed by atoms with Gasteiger partial charge in [-0.05, 0) is 0 Å². The first-order chi connectivity index (χ1) is 13.4. The van der Waals surface area contributed by atoms with Gasteiger partial charge in [0.05, 0.1) is 0 Å². The van der Waals surface area contributed by atoms with Gasteiger partial charge < -0.3 is 24.8 Å². The third-order valence-corrected chi connectivity index (χ3v) is 12.8. The van der Waals surface area contributed by atoms with Crippen molar-refractivity contribution in [3.05, 3.63) is 80.9 Å². The van der Waals surface area contributed by atoms with Gasteiger partial charge in [0.15, 0.2) is 0 Å². The maximum absolute atomic E-state index is 2.48. The van der Waals surface area contributed by atoms with Crippen LogP contribution in [0.15, 0.2) is 47.5 Å². The molecule has 2 aromatic rings. The molecule has 0 saturated heterocycles. The molecule has 2 atom stereocenters. The van der Waals surface area contributed by atoms with Crippen molar-refractivity contribution in [2.24, 2.45) is 0 Å². The van der Waals surface area contributed by atoms with Crippen molar-refractivity contribution in [3.63, 3.8) is 0 Å². The standard InChI is InChI=1S/2C12H13.C3H6.2ClH.Ti/c2*1-3-10-4-5-11-6-9(2)7-12(11)8-10;1-3-2;;;/h2*4-8H,3H2,1-2H3;1-2H3;2*1H;/q;;;;;+2/p-2. The van der Waals surface area contributed by atoms with E-state index in [4.69, 9.17) is 0 Å². The van der Waals surface area contributed by atoms with E-state index in [0.29, 0.717) is 8.45 Å². The number of halogens is 2. The predicted octanol–water partition coefficient (Wildman–Crippen LogP) is 1.27. The van der Waals surface area contributed by atoms with Crippen molar-refractivity contribution < 1.29 is 42.2 Å². The molecule has 0 saturated carbocycles. The van der Waals surface area contributed by atoms with E-state index in [1.54, 1.807) is 26.1 Å². The summed E-state index contributed by atoms with van der Waals surface area (Å²) >= 11 is -1.63. The zero-order valence-electron chi connectivity index (χ0n) is 18.9. The maximum atomic E-state index is 2.48. The second-order valence-corrected chi connectivity index (χ2v) is 13.5. The number of benzene rings is 2. The molecule has 158 valence electrons. The minimum Gasteiger partial charge on any atom is -1.00 e. The Kier molecular flexibility index (Phi) is 8.56. The predicted molar refractivity (Wildman–Crippen MR) is 121 cm³/mol. The third kappa shape index (κ3) is 4.35. The molecule has 0 aliphatic heterocycles. The molecule has 2 aliphatic carbocycles. The second-order valence-electron chi connectivity index (χ2n) is 8.73. The van der Waals surface area contributed by atoms with Crippen LogP contribution in [-0.4, -0.2) is 3.81 Å². The van der Waals surface area contributed by atoms with E-state index < -0.39 is 17.4 Å². The van der Waals surface area contributed by atoms with E-state index in [0.717, 1.165) is 12.8 Å². The Hall–Kier alpha value is -0.916. The van der Waals surface area contributed by atoms with E-state index >= 15 is 0 Å². The number of hydrogen-bond donors (Lipinski definition) is 0. The van der Waals surface area contributed by atoms with Gasteiger partial charge in [0.2, 0.25) is 0 Å². The van der Waals surface area contributed by atoms with Crippen LogP contribution in [0, 0.1) is 0 Å². The number of rotatable bonds is 4. The molecule has 0 fully saturated rings. The Morgan fingerprint density at radius 3 is 1.47 bits per heavy atom. The van der Waals surface area contributed by atoms with Crippen LogP contribution in [0.1, 0.15) is 83.4 Å². The number of allylic oxidation sites excluding steroid dienone is 2. The summed E-state index contributed by atoms with van der Waals surface area (Å²) in [4.78, 5) is 0. The Morgan fingerprint density at radius 2 is 1.13 bits per heavy atom. The molecule has 2 aromatic carbocycles. The molecule has 0 bridgehead atoms. The van der Waals surface area contributed by atoms with Gasteiger partial charge in [-0.3, -0.25) is 0 Å². The minimum absolute atomic E-state index is 0. The normalized spacial score (nSPS) is 18.2. The van der Waals surface area contributed by atoms with E-state index in [1.165, 1.54) is 22.3 Å². The van der Waals surface area contributed by atoms with Gasteiger partial charge in [0, 0.05) is 0 Å². The molecule has 0 aromatic heterocycles. The molecular formula is C27H32Cl2Ti. The van der Waals surface area contributed by atoms with Crippen LogP contribution in [0.25, 0.3) is 12.2 Å². The SMILES string of the molecule is CCc1ccc2c(c1)C=C(C)[CH]2[Ti+2](=[C](C)C)[CH]1C(C)=Cc2cc(CC)ccc21.[Cl-].[Cl-]. The minimum atomic E-state index is -1.63. The van der Waals surface area contributed by atoms with Crippen molar-refractivity contribution in [2.45, 2.75) is 62.8 Å². The summed E-state index contributed by atoms with van der Waals surface area (Å²) < 4.78 is 3.00. The van der Waals surface area contributed by atoms with E-state index in [1.807, 2.05) is 0 Å². The molecule has 3 heteroatoms. The summed E-state index contributed by atoms with van der Waals surface area (Å²) in [5.74, 6) is 0. The average molecular weight is 475 g/mol. The van der Waals surface area contributed by atoms with Gasteiger partial charge in [0.25, 0.3) is 0 Å². The number of fused-ring (bicyclic) bond motifs is 2. The first-order valence-corrected chi connectivity index (χ1v) is 13.3. The number of aryl methyl sites for hydroxylation is 2. The van der Waals surface area contributed by atoms with Crippen molar-refractivity contribution in [3.8, 4) is 0 Å². The van der Waals surface area contributed by atoms with Crippen molar-refractivity contribution in [2.75, 3.05) is 0 Å². The van der Waals surface area contributed by atoms with Crippen LogP contribution in [0.2, 0.25) is 0 Å². The molecule has 0 radical (unpaired) electrons. The molecule has 0 heterocycles. The van der Waals surface area contributed by atoms with Gasteiger partial charge in [0.1, 0.15) is 0 Å². The van der Waals surface area contributed by atoms with Crippen molar-refractivity contribution in [1.29, 1.82) is 0 Å². The summed E-state index contributed by atoms with van der Waals surface area (Å²) in [5, 5.41) is 0.